The van der Waals surface area contributed by atoms with Crippen LogP contribution in [0.25, 0.3) is 0 Å². The third-order valence-electron chi connectivity index (χ3n) is 3.14. The van der Waals surface area contributed by atoms with Gasteiger partial charge in [-0.1, -0.05) is 0 Å². The molecule has 0 saturated carbocycles. The second-order valence-corrected chi connectivity index (χ2v) is 5.55. The standard InChI is InChI=1S/C13H27N3O3/c1-7-16(13(3,4)11(17)18)12(19)14-10(2)8-9-15(5)6/h10H,7-9H2,1-6H3,(H,14,19)(H,17,18). The number of carbonyl (C=O) groups excluding carboxylic acids is 1. The van der Waals surface area contributed by atoms with Gasteiger partial charge in [-0.3, -0.25) is 0 Å². The van der Waals surface area contributed by atoms with E-state index in [1.54, 1.807) is 6.92 Å². The lowest BCUT2D eigenvalue weighted by Crippen LogP contribution is -2.57. The number of urea groups is 1. The quantitative estimate of drug-likeness (QED) is 0.731. The summed E-state index contributed by atoms with van der Waals surface area (Å²) in [5, 5.41) is 12.0. The summed E-state index contributed by atoms with van der Waals surface area (Å²) < 4.78 is 0. The van der Waals surface area contributed by atoms with E-state index in [-0.39, 0.29) is 12.1 Å². The molecule has 0 bridgehead atoms. The summed E-state index contributed by atoms with van der Waals surface area (Å²) in [6.45, 7) is 7.98. The Morgan fingerprint density at radius 1 is 1.32 bits per heavy atom. The fourth-order valence-electron chi connectivity index (χ4n) is 1.72. The van der Waals surface area contributed by atoms with Crippen LogP contribution >= 0.6 is 0 Å². The fraction of sp³-hybridized carbons (Fsp3) is 0.846. The zero-order valence-electron chi connectivity index (χ0n) is 12.9. The topological polar surface area (TPSA) is 72.9 Å². The molecule has 0 radical (unpaired) electrons. The number of nitrogens with zero attached hydrogens (tertiary/aromatic N) is 2. The van der Waals surface area contributed by atoms with Gasteiger partial charge in [-0.25, -0.2) is 9.59 Å². The molecule has 0 aromatic heterocycles. The number of aliphatic carboxylic acids is 1. The van der Waals surface area contributed by atoms with E-state index in [1.165, 1.54) is 18.7 Å². The predicted molar refractivity (Wildman–Crippen MR) is 75.3 cm³/mol. The van der Waals surface area contributed by atoms with E-state index in [9.17, 15) is 14.7 Å². The molecule has 0 saturated heterocycles. The summed E-state index contributed by atoms with van der Waals surface area (Å²) in [6.07, 6.45) is 0.823. The maximum absolute atomic E-state index is 12.1. The van der Waals surface area contributed by atoms with Crippen molar-refractivity contribution in [3.8, 4) is 0 Å². The van der Waals surface area contributed by atoms with Crippen molar-refractivity contribution >= 4 is 12.0 Å². The van der Waals surface area contributed by atoms with Crippen molar-refractivity contribution in [2.75, 3.05) is 27.2 Å². The molecule has 2 amide bonds. The normalized spacial score (nSPS) is 13.2. The van der Waals surface area contributed by atoms with Gasteiger partial charge in [-0.2, -0.15) is 0 Å². The van der Waals surface area contributed by atoms with Crippen molar-refractivity contribution in [2.24, 2.45) is 0 Å². The van der Waals surface area contributed by atoms with Gasteiger partial charge >= 0.3 is 12.0 Å². The van der Waals surface area contributed by atoms with Crippen molar-refractivity contribution in [1.29, 1.82) is 0 Å². The highest BCUT2D eigenvalue weighted by Crippen LogP contribution is 2.14. The Balaban J connectivity index is 4.57. The van der Waals surface area contributed by atoms with Crippen LogP contribution in [0.15, 0.2) is 0 Å². The van der Waals surface area contributed by atoms with Crippen molar-refractivity contribution in [1.82, 2.24) is 15.1 Å². The van der Waals surface area contributed by atoms with Crippen LogP contribution in [-0.2, 0) is 4.79 Å². The predicted octanol–water partition coefficient (Wildman–Crippen LogP) is 1.22. The van der Waals surface area contributed by atoms with E-state index in [0.717, 1.165) is 13.0 Å². The molecule has 0 heterocycles. The summed E-state index contributed by atoms with van der Waals surface area (Å²) in [4.78, 5) is 26.7. The number of carboxylic acid groups (broad SMARTS) is 1. The molecule has 0 aromatic carbocycles. The molecular weight excluding hydrogens is 246 g/mol. The van der Waals surface area contributed by atoms with Gasteiger partial charge in [-0.05, 0) is 54.8 Å². The highest BCUT2D eigenvalue weighted by molar-refractivity contribution is 5.85. The number of hydrogen-bond acceptors (Lipinski definition) is 3. The van der Waals surface area contributed by atoms with Crippen LogP contribution < -0.4 is 5.32 Å². The summed E-state index contributed by atoms with van der Waals surface area (Å²) >= 11 is 0. The first-order valence-electron chi connectivity index (χ1n) is 6.59. The highest BCUT2D eigenvalue weighted by Gasteiger charge is 2.37. The third kappa shape index (κ3) is 5.46. The van der Waals surface area contributed by atoms with Crippen LogP contribution in [0.3, 0.4) is 0 Å². The van der Waals surface area contributed by atoms with E-state index in [0.29, 0.717) is 6.54 Å². The molecule has 0 spiro atoms. The van der Waals surface area contributed by atoms with Crippen LogP contribution in [0.5, 0.6) is 0 Å². The monoisotopic (exact) mass is 273 g/mol. The smallest absolute Gasteiger partial charge is 0.329 e. The molecule has 19 heavy (non-hydrogen) atoms. The Hall–Kier alpha value is -1.30. The highest BCUT2D eigenvalue weighted by atomic mass is 16.4. The first-order valence-corrected chi connectivity index (χ1v) is 6.59. The van der Waals surface area contributed by atoms with Gasteiger partial charge in [0, 0.05) is 12.6 Å². The van der Waals surface area contributed by atoms with E-state index in [2.05, 4.69) is 5.32 Å². The lowest BCUT2D eigenvalue weighted by molar-refractivity contribution is -0.147. The average molecular weight is 273 g/mol. The van der Waals surface area contributed by atoms with E-state index in [1.807, 2.05) is 25.9 Å². The Morgan fingerprint density at radius 2 is 1.84 bits per heavy atom. The largest absolute Gasteiger partial charge is 0.480 e. The SMILES string of the molecule is CCN(C(=O)NC(C)CCN(C)C)C(C)(C)C(=O)O. The lowest BCUT2D eigenvalue weighted by atomic mass is 10.0. The lowest BCUT2D eigenvalue weighted by Gasteiger charge is -2.35. The van der Waals surface area contributed by atoms with Crippen LogP contribution in [0.4, 0.5) is 4.79 Å². The second kappa shape index (κ2) is 7.33. The first-order chi connectivity index (χ1) is 8.62. The Kier molecular flexibility index (Phi) is 6.83. The molecule has 0 aliphatic heterocycles. The Bertz CT molecular complexity index is 316. The molecular formula is C13H27N3O3. The molecule has 6 nitrogen and oxygen atoms in total. The first kappa shape index (κ1) is 17.7. The van der Waals surface area contributed by atoms with E-state index in [4.69, 9.17) is 0 Å². The van der Waals surface area contributed by atoms with Crippen LogP contribution in [0.2, 0.25) is 0 Å². The summed E-state index contributed by atoms with van der Waals surface area (Å²) in [5.74, 6) is -1.01. The van der Waals surface area contributed by atoms with Gasteiger partial charge in [0.15, 0.2) is 0 Å². The van der Waals surface area contributed by atoms with E-state index >= 15 is 0 Å². The molecule has 112 valence electrons. The van der Waals surface area contributed by atoms with Gasteiger partial charge in [0.1, 0.15) is 5.54 Å². The Labute approximate surface area is 115 Å². The minimum atomic E-state index is -1.21. The minimum absolute atomic E-state index is 0.00791. The van der Waals surface area contributed by atoms with Crippen molar-refractivity contribution in [3.63, 3.8) is 0 Å². The summed E-state index contributed by atoms with van der Waals surface area (Å²) in [5.41, 5.74) is -1.21. The zero-order chi connectivity index (χ0) is 15.2. The van der Waals surface area contributed by atoms with Gasteiger partial charge in [-0.15, -0.1) is 0 Å². The minimum Gasteiger partial charge on any atom is -0.480 e. The maximum atomic E-state index is 12.1. The molecule has 1 unspecified atom stereocenters. The molecule has 1 atom stereocenters. The number of hydrogen-bond donors (Lipinski definition) is 2. The number of likely N-dealkylation sites (N-methyl/N-ethyl adjacent to an activating group) is 1. The number of rotatable bonds is 7. The average Bonchev–Trinajstić information content (AvgIpc) is 2.26. The number of nitrogens with one attached hydrogen (secondary N) is 1. The molecule has 0 aliphatic rings. The maximum Gasteiger partial charge on any atom is 0.329 e. The molecule has 0 fully saturated rings. The number of carbonyl (C=O) groups is 2. The van der Waals surface area contributed by atoms with Crippen LogP contribution in [0.1, 0.15) is 34.1 Å². The van der Waals surface area contributed by atoms with Gasteiger partial charge in [0.2, 0.25) is 0 Å². The van der Waals surface area contributed by atoms with Crippen molar-refractivity contribution < 1.29 is 14.7 Å². The van der Waals surface area contributed by atoms with Gasteiger partial charge in [0.25, 0.3) is 0 Å². The fourth-order valence-corrected chi connectivity index (χ4v) is 1.72. The van der Waals surface area contributed by atoms with Gasteiger partial charge in [0.05, 0.1) is 0 Å². The molecule has 0 aromatic rings. The summed E-state index contributed by atoms with van der Waals surface area (Å²) in [6, 6.07) is -0.324. The van der Waals surface area contributed by atoms with Crippen LogP contribution in [-0.4, -0.2) is 65.7 Å². The second-order valence-electron chi connectivity index (χ2n) is 5.55. The number of carboxylic acids is 1. The van der Waals surface area contributed by atoms with Gasteiger partial charge < -0.3 is 20.2 Å². The zero-order valence-corrected chi connectivity index (χ0v) is 12.9. The van der Waals surface area contributed by atoms with Crippen LogP contribution in [0, 0.1) is 0 Å². The van der Waals surface area contributed by atoms with Crippen molar-refractivity contribution in [3.05, 3.63) is 0 Å². The Morgan fingerprint density at radius 3 is 2.21 bits per heavy atom. The number of amides is 2. The molecule has 6 heteroatoms. The molecule has 2 N–H and O–H groups in total. The van der Waals surface area contributed by atoms with E-state index < -0.39 is 11.5 Å². The third-order valence-corrected chi connectivity index (χ3v) is 3.14. The summed E-state index contributed by atoms with van der Waals surface area (Å²) in [7, 11) is 3.95. The van der Waals surface area contributed by atoms with Crippen molar-refractivity contribution in [2.45, 2.75) is 45.7 Å². The molecule has 0 aliphatic carbocycles. The molecule has 0 rings (SSSR count).